The molecule has 62 valence electrons. The second-order valence-corrected chi connectivity index (χ2v) is 7.02. The minimum absolute atomic E-state index is 0.306. The molecule has 2 aliphatic heterocycles. The third kappa shape index (κ3) is 1.60. The third-order valence-electron chi connectivity index (χ3n) is 1.65. The standard InChI is InChI=1S/C6H8O2S3/c7-11(8)3-5-6(4-11)10-2-1-9-5/h1-4H2. The van der Waals surface area contributed by atoms with E-state index >= 15 is 0 Å². The van der Waals surface area contributed by atoms with E-state index in [0.29, 0.717) is 11.5 Å². The fourth-order valence-corrected chi connectivity index (χ4v) is 6.34. The van der Waals surface area contributed by atoms with E-state index in [2.05, 4.69) is 0 Å². The maximum absolute atomic E-state index is 11.1. The van der Waals surface area contributed by atoms with Crippen molar-refractivity contribution < 1.29 is 8.42 Å². The van der Waals surface area contributed by atoms with Crippen LogP contribution in [0.25, 0.3) is 0 Å². The molecule has 0 aliphatic carbocycles. The van der Waals surface area contributed by atoms with E-state index in [-0.39, 0.29) is 0 Å². The van der Waals surface area contributed by atoms with Crippen LogP contribution in [0.4, 0.5) is 0 Å². The Labute approximate surface area is 74.7 Å². The molecule has 2 rings (SSSR count). The molecule has 0 aromatic heterocycles. The molecule has 5 heteroatoms. The quantitative estimate of drug-likeness (QED) is 0.597. The molecular weight excluding hydrogens is 200 g/mol. The van der Waals surface area contributed by atoms with Crippen LogP contribution in [0.1, 0.15) is 0 Å². The summed E-state index contributed by atoms with van der Waals surface area (Å²) in [6.45, 7) is 0. The summed E-state index contributed by atoms with van der Waals surface area (Å²) in [5.74, 6) is 2.75. The Morgan fingerprint density at radius 3 is 1.91 bits per heavy atom. The summed E-state index contributed by atoms with van der Waals surface area (Å²) in [5, 5.41) is 0. The molecule has 0 atom stereocenters. The van der Waals surface area contributed by atoms with Gasteiger partial charge in [-0.3, -0.25) is 0 Å². The van der Waals surface area contributed by atoms with Gasteiger partial charge in [0.05, 0.1) is 11.5 Å². The molecule has 0 spiro atoms. The molecule has 0 amide bonds. The lowest BCUT2D eigenvalue weighted by Crippen LogP contribution is -2.02. The van der Waals surface area contributed by atoms with Crippen LogP contribution in [-0.4, -0.2) is 31.4 Å². The molecular formula is C6H8O2S3. The smallest absolute Gasteiger partial charge is 0.159 e. The van der Waals surface area contributed by atoms with Crippen LogP contribution < -0.4 is 0 Å². The van der Waals surface area contributed by atoms with Crippen LogP contribution in [0.15, 0.2) is 9.81 Å². The molecule has 0 fully saturated rings. The monoisotopic (exact) mass is 208 g/mol. The first kappa shape index (κ1) is 8.01. The predicted octanol–water partition coefficient (Wildman–Crippen LogP) is 1.11. The van der Waals surface area contributed by atoms with E-state index in [1.165, 1.54) is 0 Å². The van der Waals surface area contributed by atoms with Crippen LogP contribution in [-0.2, 0) is 9.84 Å². The fourth-order valence-electron chi connectivity index (χ4n) is 1.19. The van der Waals surface area contributed by atoms with Crippen molar-refractivity contribution in [2.45, 2.75) is 0 Å². The molecule has 0 unspecified atom stereocenters. The molecule has 0 aromatic rings. The molecule has 2 nitrogen and oxygen atoms in total. The van der Waals surface area contributed by atoms with Crippen LogP contribution in [0.5, 0.6) is 0 Å². The Morgan fingerprint density at radius 1 is 1.00 bits per heavy atom. The maximum Gasteiger partial charge on any atom is 0.159 e. The van der Waals surface area contributed by atoms with Crippen molar-refractivity contribution in [1.29, 1.82) is 0 Å². The second kappa shape index (κ2) is 2.71. The van der Waals surface area contributed by atoms with Crippen molar-refractivity contribution in [2.24, 2.45) is 0 Å². The molecule has 11 heavy (non-hydrogen) atoms. The second-order valence-electron chi connectivity index (χ2n) is 2.58. The molecule has 0 bridgehead atoms. The number of sulfone groups is 1. The van der Waals surface area contributed by atoms with Gasteiger partial charge < -0.3 is 0 Å². The molecule has 0 saturated heterocycles. The summed E-state index contributed by atoms with van der Waals surface area (Å²) in [6.07, 6.45) is 0. The molecule has 0 aromatic carbocycles. The highest BCUT2D eigenvalue weighted by atomic mass is 32.2. The van der Waals surface area contributed by atoms with Gasteiger partial charge in [0.25, 0.3) is 0 Å². The SMILES string of the molecule is O=S1(=O)CC2=C(C1)SCCS2. The van der Waals surface area contributed by atoms with Crippen molar-refractivity contribution in [1.82, 2.24) is 0 Å². The van der Waals surface area contributed by atoms with Gasteiger partial charge >= 0.3 is 0 Å². The lowest BCUT2D eigenvalue weighted by atomic mass is 10.6. The topological polar surface area (TPSA) is 34.1 Å². The lowest BCUT2D eigenvalue weighted by Gasteiger charge is -2.10. The summed E-state index contributed by atoms with van der Waals surface area (Å²) < 4.78 is 22.3. The molecule has 2 aliphatic rings. The summed E-state index contributed by atoms with van der Waals surface area (Å²) in [5.41, 5.74) is 0. The van der Waals surface area contributed by atoms with Gasteiger partial charge in [-0.2, -0.15) is 0 Å². The van der Waals surface area contributed by atoms with Gasteiger partial charge in [-0.25, -0.2) is 8.42 Å². The Morgan fingerprint density at radius 2 is 1.45 bits per heavy atom. The Bertz CT molecular complexity index is 278. The van der Waals surface area contributed by atoms with Crippen LogP contribution >= 0.6 is 23.5 Å². The van der Waals surface area contributed by atoms with E-state index in [1.807, 2.05) is 0 Å². The Balaban J connectivity index is 2.29. The van der Waals surface area contributed by atoms with Crippen molar-refractivity contribution in [2.75, 3.05) is 23.0 Å². The minimum Gasteiger partial charge on any atom is -0.228 e. The van der Waals surface area contributed by atoms with E-state index in [9.17, 15) is 8.42 Å². The number of hydrogen-bond donors (Lipinski definition) is 0. The predicted molar refractivity (Wildman–Crippen MR) is 50.6 cm³/mol. The summed E-state index contributed by atoms with van der Waals surface area (Å²) >= 11 is 3.43. The van der Waals surface area contributed by atoms with Gasteiger partial charge in [-0.05, 0) is 0 Å². The largest absolute Gasteiger partial charge is 0.228 e. The van der Waals surface area contributed by atoms with Gasteiger partial charge in [0, 0.05) is 21.3 Å². The number of thioether (sulfide) groups is 2. The molecule has 0 saturated carbocycles. The van der Waals surface area contributed by atoms with Gasteiger partial charge in [-0.1, -0.05) is 0 Å². The summed E-state index contributed by atoms with van der Waals surface area (Å²) in [7, 11) is -2.74. The van der Waals surface area contributed by atoms with Gasteiger partial charge in [0.15, 0.2) is 9.84 Å². The lowest BCUT2D eigenvalue weighted by molar-refractivity contribution is 0.603. The van der Waals surface area contributed by atoms with E-state index in [0.717, 1.165) is 21.3 Å². The van der Waals surface area contributed by atoms with Gasteiger partial charge in [0.1, 0.15) is 0 Å². The highest BCUT2D eigenvalue weighted by molar-refractivity contribution is 8.12. The van der Waals surface area contributed by atoms with Gasteiger partial charge in [0.2, 0.25) is 0 Å². The first-order valence-electron chi connectivity index (χ1n) is 3.35. The van der Waals surface area contributed by atoms with Crippen molar-refractivity contribution in [3.63, 3.8) is 0 Å². The average molecular weight is 208 g/mol. The summed E-state index contributed by atoms with van der Waals surface area (Å²) in [4.78, 5) is 2.22. The van der Waals surface area contributed by atoms with E-state index in [4.69, 9.17) is 0 Å². The van der Waals surface area contributed by atoms with Crippen molar-refractivity contribution >= 4 is 33.4 Å². The first-order chi connectivity index (χ1) is 5.17. The zero-order valence-corrected chi connectivity index (χ0v) is 8.32. The van der Waals surface area contributed by atoms with Crippen molar-refractivity contribution in [3.05, 3.63) is 9.81 Å². The molecule has 0 N–H and O–H groups in total. The van der Waals surface area contributed by atoms with Crippen LogP contribution in [0.2, 0.25) is 0 Å². The Hall–Kier alpha value is 0.390. The van der Waals surface area contributed by atoms with Crippen molar-refractivity contribution in [3.8, 4) is 0 Å². The molecule has 2 heterocycles. The van der Waals surface area contributed by atoms with E-state index < -0.39 is 9.84 Å². The van der Waals surface area contributed by atoms with Crippen LogP contribution in [0.3, 0.4) is 0 Å². The Kier molecular flexibility index (Phi) is 1.97. The summed E-state index contributed by atoms with van der Waals surface area (Å²) in [6, 6.07) is 0. The fraction of sp³-hybridized carbons (Fsp3) is 0.667. The number of hydrogen-bond acceptors (Lipinski definition) is 4. The zero-order chi connectivity index (χ0) is 7.90. The molecule has 0 radical (unpaired) electrons. The minimum atomic E-state index is -2.74. The normalized spacial score (nSPS) is 28.7. The maximum atomic E-state index is 11.1. The highest BCUT2D eigenvalue weighted by Gasteiger charge is 2.29. The van der Waals surface area contributed by atoms with Crippen LogP contribution in [0, 0.1) is 0 Å². The third-order valence-corrected chi connectivity index (χ3v) is 6.15. The van der Waals surface area contributed by atoms with E-state index in [1.54, 1.807) is 23.5 Å². The number of rotatable bonds is 0. The zero-order valence-electron chi connectivity index (χ0n) is 5.87. The first-order valence-corrected chi connectivity index (χ1v) is 7.15. The van der Waals surface area contributed by atoms with Gasteiger partial charge in [-0.15, -0.1) is 23.5 Å². The average Bonchev–Trinajstić information content (AvgIpc) is 2.21. The highest BCUT2D eigenvalue weighted by Crippen LogP contribution is 2.39.